The van der Waals surface area contributed by atoms with E-state index in [4.69, 9.17) is 0 Å². The van der Waals surface area contributed by atoms with Crippen LogP contribution in [0.4, 0.5) is 0 Å². The molecule has 1 atom stereocenters. The van der Waals surface area contributed by atoms with Crippen LogP contribution in [-0.4, -0.2) is 40.8 Å². The zero-order valence-corrected chi connectivity index (χ0v) is 11.2. The minimum absolute atomic E-state index is 0.110. The van der Waals surface area contributed by atoms with Crippen molar-refractivity contribution in [1.82, 2.24) is 9.47 Å². The van der Waals surface area contributed by atoms with Crippen LogP contribution in [0.1, 0.15) is 18.5 Å². The van der Waals surface area contributed by atoms with Crippen LogP contribution in [0.15, 0.2) is 10.2 Å². The standard InChI is InChI=1S/C12H20N2O2S/c1-9-8-17-12(16)14(9)6-5-13(2)7-11(15)10-3-4-10/h8,10-11,15H,3-7H2,1-2H3. The SMILES string of the molecule is Cc1csc(=O)n1CCN(C)CC(O)C1CC1. The van der Waals surface area contributed by atoms with Gasteiger partial charge in [-0.05, 0) is 32.7 Å². The van der Waals surface area contributed by atoms with Gasteiger partial charge >= 0.3 is 4.87 Å². The molecule has 1 aliphatic rings. The van der Waals surface area contributed by atoms with Crippen LogP contribution >= 0.6 is 11.3 Å². The Morgan fingerprint density at radius 3 is 2.88 bits per heavy atom. The van der Waals surface area contributed by atoms with Crippen LogP contribution in [0, 0.1) is 12.8 Å². The summed E-state index contributed by atoms with van der Waals surface area (Å²) in [4.78, 5) is 13.7. The summed E-state index contributed by atoms with van der Waals surface area (Å²) in [7, 11) is 2.00. The van der Waals surface area contributed by atoms with Gasteiger partial charge in [0.05, 0.1) is 6.10 Å². The zero-order chi connectivity index (χ0) is 12.4. The van der Waals surface area contributed by atoms with Gasteiger partial charge in [-0.25, -0.2) is 0 Å². The first kappa shape index (κ1) is 12.8. The van der Waals surface area contributed by atoms with Crippen molar-refractivity contribution in [3.63, 3.8) is 0 Å². The highest BCUT2D eigenvalue weighted by atomic mass is 32.1. The fourth-order valence-corrected chi connectivity index (χ4v) is 2.75. The molecule has 1 unspecified atom stereocenters. The molecule has 1 heterocycles. The molecule has 17 heavy (non-hydrogen) atoms. The first-order valence-corrected chi connectivity index (χ1v) is 6.97. The molecule has 1 fully saturated rings. The van der Waals surface area contributed by atoms with Gasteiger partial charge in [-0.3, -0.25) is 4.79 Å². The van der Waals surface area contributed by atoms with Gasteiger partial charge in [-0.1, -0.05) is 11.3 Å². The highest BCUT2D eigenvalue weighted by Crippen LogP contribution is 2.32. The molecule has 0 bridgehead atoms. The molecular weight excluding hydrogens is 236 g/mol. The fraction of sp³-hybridized carbons (Fsp3) is 0.750. The lowest BCUT2D eigenvalue weighted by Gasteiger charge is -2.20. The molecule has 0 aliphatic heterocycles. The van der Waals surface area contributed by atoms with Gasteiger partial charge in [0, 0.05) is 30.7 Å². The first-order valence-electron chi connectivity index (χ1n) is 6.09. The van der Waals surface area contributed by atoms with Crippen LogP contribution in [0.25, 0.3) is 0 Å². The number of aliphatic hydroxyl groups is 1. The van der Waals surface area contributed by atoms with Crippen molar-refractivity contribution >= 4 is 11.3 Å². The summed E-state index contributed by atoms with van der Waals surface area (Å²) in [6, 6.07) is 0. The van der Waals surface area contributed by atoms with Crippen molar-refractivity contribution in [2.75, 3.05) is 20.1 Å². The third-order valence-corrected chi connectivity index (χ3v) is 4.23. The van der Waals surface area contributed by atoms with E-state index in [9.17, 15) is 9.90 Å². The molecule has 96 valence electrons. The van der Waals surface area contributed by atoms with Crippen LogP contribution in [-0.2, 0) is 6.54 Å². The highest BCUT2D eigenvalue weighted by molar-refractivity contribution is 7.07. The maximum atomic E-state index is 11.5. The van der Waals surface area contributed by atoms with E-state index in [-0.39, 0.29) is 11.0 Å². The maximum absolute atomic E-state index is 11.5. The Balaban J connectivity index is 1.79. The third kappa shape index (κ3) is 3.40. The quantitative estimate of drug-likeness (QED) is 0.823. The van der Waals surface area contributed by atoms with Crippen LogP contribution < -0.4 is 4.87 Å². The number of nitrogens with zero attached hydrogens (tertiary/aromatic N) is 2. The summed E-state index contributed by atoms with van der Waals surface area (Å²) in [5.41, 5.74) is 1.02. The van der Waals surface area contributed by atoms with Crippen molar-refractivity contribution in [2.45, 2.75) is 32.4 Å². The van der Waals surface area contributed by atoms with Crippen LogP contribution in [0.3, 0.4) is 0 Å². The number of rotatable bonds is 6. The summed E-state index contributed by atoms with van der Waals surface area (Å²) >= 11 is 1.25. The minimum Gasteiger partial charge on any atom is -0.392 e. The van der Waals surface area contributed by atoms with E-state index in [0.717, 1.165) is 25.1 Å². The van der Waals surface area contributed by atoms with Crippen LogP contribution in [0.2, 0.25) is 0 Å². The Bertz CT molecular complexity index is 422. The summed E-state index contributed by atoms with van der Waals surface area (Å²) in [6.45, 7) is 4.18. The second kappa shape index (κ2) is 5.33. The number of thiazole rings is 1. The highest BCUT2D eigenvalue weighted by Gasteiger charge is 2.30. The average molecular weight is 256 g/mol. The molecule has 4 nitrogen and oxygen atoms in total. The Labute approximate surface area is 105 Å². The zero-order valence-electron chi connectivity index (χ0n) is 10.4. The Morgan fingerprint density at radius 2 is 2.35 bits per heavy atom. The lowest BCUT2D eigenvalue weighted by molar-refractivity contribution is 0.105. The van der Waals surface area contributed by atoms with Gasteiger partial charge in [-0.15, -0.1) is 0 Å². The number of aryl methyl sites for hydroxylation is 1. The van der Waals surface area contributed by atoms with Gasteiger partial charge in [0.1, 0.15) is 0 Å². The molecule has 2 rings (SSSR count). The van der Waals surface area contributed by atoms with Gasteiger partial charge in [0.25, 0.3) is 0 Å². The molecule has 0 aromatic carbocycles. The smallest absolute Gasteiger partial charge is 0.307 e. The predicted molar refractivity (Wildman–Crippen MR) is 69.5 cm³/mol. The fourth-order valence-electron chi connectivity index (χ4n) is 1.99. The minimum atomic E-state index is -0.194. The Hall–Kier alpha value is -0.650. The summed E-state index contributed by atoms with van der Waals surface area (Å²) in [6.07, 6.45) is 2.14. The predicted octanol–water partition coefficient (Wildman–Crippen LogP) is 0.921. The maximum Gasteiger partial charge on any atom is 0.307 e. The topological polar surface area (TPSA) is 45.5 Å². The Kier molecular flexibility index (Phi) is 4.01. The average Bonchev–Trinajstić information content (AvgIpc) is 3.06. The normalized spacial score (nSPS) is 17.6. The number of aliphatic hydroxyl groups excluding tert-OH is 1. The second-order valence-corrected chi connectivity index (χ2v) is 5.78. The molecule has 0 spiro atoms. The molecule has 0 amide bonds. The molecule has 1 aliphatic carbocycles. The Morgan fingerprint density at radius 1 is 1.65 bits per heavy atom. The molecule has 0 radical (unpaired) electrons. The summed E-state index contributed by atoms with van der Waals surface area (Å²) < 4.78 is 1.80. The van der Waals surface area contributed by atoms with Crippen molar-refractivity contribution in [3.05, 3.63) is 20.7 Å². The van der Waals surface area contributed by atoms with E-state index >= 15 is 0 Å². The van der Waals surface area contributed by atoms with Gasteiger partial charge in [-0.2, -0.15) is 0 Å². The van der Waals surface area contributed by atoms with Crippen LogP contribution in [0.5, 0.6) is 0 Å². The van der Waals surface area contributed by atoms with Crippen molar-refractivity contribution < 1.29 is 5.11 Å². The van der Waals surface area contributed by atoms with Gasteiger partial charge < -0.3 is 14.6 Å². The summed E-state index contributed by atoms with van der Waals surface area (Å²) in [5.74, 6) is 0.517. The number of hydrogen-bond acceptors (Lipinski definition) is 4. The number of likely N-dealkylation sites (N-methyl/N-ethyl adjacent to an activating group) is 1. The number of hydrogen-bond donors (Lipinski definition) is 1. The molecular formula is C12H20N2O2S. The molecule has 1 aromatic heterocycles. The first-order chi connectivity index (χ1) is 8.08. The number of aromatic nitrogens is 1. The van der Waals surface area contributed by atoms with Crippen molar-refractivity contribution in [1.29, 1.82) is 0 Å². The summed E-state index contributed by atoms with van der Waals surface area (Å²) in [5, 5.41) is 11.7. The van der Waals surface area contributed by atoms with Gasteiger partial charge in [0.15, 0.2) is 0 Å². The van der Waals surface area contributed by atoms with E-state index in [2.05, 4.69) is 4.90 Å². The van der Waals surface area contributed by atoms with E-state index in [1.165, 1.54) is 11.3 Å². The lowest BCUT2D eigenvalue weighted by atomic mass is 10.2. The molecule has 0 saturated heterocycles. The lowest BCUT2D eigenvalue weighted by Crippen LogP contribution is -2.34. The molecule has 5 heteroatoms. The monoisotopic (exact) mass is 256 g/mol. The van der Waals surface area contributed by atoms with E-state index < -0.39 is 0 Å². The molecule has 1 saturated carbocycles. The third-order valence-electron chi connectivity index (χ3n) is 3.35. The second-order valence-electron chi connectivity index (χ2n) is 4.96. The van der Waals surface area contributed by atoms with E-state index in [1.807, 2.05) is 19.4 Å². The van der Waals surface area contributed by atoms with Gasteiger partial charge in [0.2, 0.25) is 0 Å². The largest absolute Gasteiger partial charge is 0.392 e. The molecule has 1 N–H and O–H groups in total. The molecule has 1 aromatic rings. The van der Waals surface area contributed by atoms with E-state index in [0.29, 0.717) is 19.0 Å². The van der Waals surface area contributed by atoms with E-state index in [1.54, 1.807) is 4.57 Å². The van der Waals surface area contributed by atoms with Crippen molar-refractivity contribution in [3.8, 4) is 0 Å². The van der Waals surface area contributed by atoms with Crippen molar-refractivity contribution in [2.24, 2.45) is 5.92 Å².